The first kappa shape index (κ1) is 16.5. The summed E-state index contributed by atoms with van der Waals surface area (Å²) in [6, 6.07) is 6.86. The van der Waals surface area contributed by atoms with E-state index in [4.69, 9.17) is 0 Å². The van der Waals surface area contributed by atoms with Crippen LogP contribution in [0.4, 0.5) is 0 Å². The molecule has 1 amide bonds. The standard InChI is InChI=1S/C18H25NO3S/c20-18(11-10-14-6-2-1-3-7-14)19-16-12-13-23(21,22)17-9-5-4-8-15(16)17/h4-5,8-9,14,16H,1-3,6-7,10-13H2,(H,19,20). The van der Waals surface area contributed by atoms with E-state index in [-0.39, 0.29) is 17.7 Å². The van der Waals surface area contributed by atoms with Crippen molar-refractivity contribution in [1.29, 1.82) is 0 Å². The lowest BCUT2D eigenvalue weighted by Crippen LogP contribution is -2.34. The molecule has 1 aliphatic heterocycles. The van der Waals surface area contributed by atoms with Crippen molar-refractivity contribution >= 4 is 15.7 Å². The van der Waals surface area contributed by atoms with E-state index in [0.29, 0.717) is 23.7 Å². The van der Waals surface area contributed by atoms with Crippen molar-refractivity contribution in [3.8, 4) is 0 Å². The third-order valence-electron chi connectivity index (χ3n) is 5.14. The number of carbonyl (C=O) groups is 1. The van der Waals surface area contributed by atoms with Gasteiger partial charge in [-0.15, -0.1) is 0 Å². The Balaban J connectivity index is 1.60. The molecule has 126 valence electrons. The van der Waals surface area contributed by atoms with Crippen LogP contribution < -0.4 is 5.32 Å². The van der Waals surface area contributed by atoms with Gasteiger partial charge in [0.15, 0.2) is 9.84 Å². The van der Waals surface area contributed by atoms with Crippen molar-refractivity contribution in [2.24, 2.45) is 5.92 Å². The van der Waals surface area contributed by atoms with Crippen LogP contribution in [0.25, 0.3) is 0 Å². The van der Waals surface area contributed by atoms with Crippen LogP contribution in [0, 0.1) is 5.92 Å². The molecule has 1 aromatic carbocycles. The van der Waals surface area contributed by atoms with Crippen LogP contribution in [0.5, 0.6) is 0 Å². The summed E-state index contributed by atoms with van der Waals surface area (Å²) in [5, 5.41) is 3.05. The zero-order valence-electron chi connectivity index (χ0n) is 13.5. The Morgan fingerprint density at radius 2 is 1.83 bits per heavy atom. The largest absolute Gasteiger partial charge is 0.349 e. The molecule has 3 rings (SSSR count). The molecule has 0 saturated heterocycles. The summed E-state index contributed by atoms with van der Waals surface area (Å²) in [6.07, 6.45) is 8.38. The van der Waals surface area contributed by atoms with Crippen LogP contribution in [0.2, 0.25) is 0 Å². The maximum Gasteiger partial charge on any atom is 0.220 e. The third kappa shape index (κ3) is 3.94. The summed E-state index contributed by atoms with van der Waals surface area (Å²) in [4.78, 5) is 12.6. The first-order valence-electron chi connectivity index (χ1n) is 8.67. The Morgan fingerprint density at radius 3 is 2.61 bits per heavy atom. The number of rotatable bonds is 4. The maximum atomic E-state index is 12.3. The number of amides is 1. The normalized spacial score (nSPS) is 23.9. The molecule has 0 radical (unpaired) electrons. The lowest BCUT2D eigenvalue weighted by Gasteiger charge is -2.27. The summed E-state index contributed by atoms with van der Waals surface area (Å²) < 4.78 is 24.2. The number of fused-ring (bicyclic) bond motifs is 1. The predicted molar refractivity (Wildman–Crippen MR) is 89.8 cm³/mol. The molecule has 5 heteroatoms. The molecule has 0 bridgehead atoms. The Morgan fingerprint density at radius 1 is 1.09 bits per heavy atom. The minimum Gasteiger partial charge on any atom is -0.349 e. The monoisotopic (exact) mass is 335 g/mol. The molecule has 1 unspecified atom stereocenters. The highest BCUT2D eigenvalue weighted by atomic mass is 32.2. The Kier molecular flexibility index (Phi) is 5.05. The van der Waals surface area contributed by atoms with Crippen LogP contribution in [0.15, 0.2) is 29.2 Å². The molecule has 2 aliphatic rings. The van der Waals surface area contributed by atoms with Gasteiger partial charge < -0.3 is 5.32 Å². The number of benzene rings is 1. The number of hydrogen-bond acceptors (Lipinski definition) is 3. The van der Waals surface area contributed by atoms with E-state index in [2.05, 4.69) is 5.32 Å². The van der Waals surface area contributed by atoms with Crippen molar-refractivity contribution in [3.63, 3.8) is 0 Å². The molecule has 0 aromatic heterocycles. The zero-order chi connectivity index (χ0) is 16.3. The first-order valence-corrected chi connectivity index (χ1v) is 10.3. The topological polar surface area (TPSA) is 63.2 Å². The highest BCUT2D eigenvalue weighted by Crippen LogP contribution is 2.32. The summed E-state index contributed by atoms with van der Waals surface area (Å²) >= 11 is 0. The highest BCUT2D eigenvalue weighted by Gasteiger charge is 2.30. The Labute approximate surface area is 138 Å². The SMILES string of the molecule is O=C(CCC1CCCCC1)NC1CCS(=O)(=O)c2ccccc21. The van der Waals surface area contributed by atoms with Gasteiger partial charge in [-0.05, 0) is 30.4 Å². The van der Waals surface area contributed by atoms with Crippen molar-refractivity contribution in [3.05, 3.63) is 29.8 Å². The summed E-state index contributed by atoms with van der Waals surface area (Å²) in [5.41, 5.74) is 0.741. The van der Waals surface area contributed by atoms with Crippen LogP contribution in [0.1, 0.15) is 63.0 Å². The van der Waals surface area contributed by atoms with Crippen molar-refractivity contribution in [1.82, 2.24) is 5.32 Å². The second kappa shape index (κ2) is 7.04. The molecule has 1 aromatic rings. The molecule has 1 atom stereocenters. The molecule has 1 heterocycles. The van der Waals surface area contributed by atoms with Gasteiger partial charge in [-0.1, -0.05) is 50.3 Å². The summed E-state index contributed by atoms with van der Waals surface area (Å²) in [7, 11) is -3.19. The quantitative estimate of drug-likeness (QED) is 0.917. The Hall–Kier alpha value is -1.36. The van der Waals surface area contributed by atoms with E-state index in [9.17, 15) is 13.2 Å². The van der Waals surface area contributed by atoms with E-state index < -0.39 is 9.84 Å². The molecule has 0 spiro atoms. The fraction of sp³-hybridized carbons (Fsp3) is 0.611. The van der Waals surface area contributed by atoms with E-state index in [1.165, 1.54) is 32.1 Å². The van der Waals surface area contributed by atoms with Gasteiger partial charge in [0.25, 0.3) is 0 Å². The van der Waals surface area contributed by atoms with Gasteiger partial charge in [0.05, 0.1) is 16.7 Å². The van der Waals surface area contributed by atoms with Gasteiger partial charge in [0.1, 0.15) is 0 Å². The molecule has 1 fully saturated rings. The van der Waals surface area contributed by atoms with E-state index in [0.717, 1.165) is 12.0 Å². The second-order valence-corrected chi connectivity index (χ2v) is 8.89. The molecule has 1 saturated carbocycles. The smallest absolute Gasteiger partial charge is 0.220 e. The van der Waals surface area contributed by atoms with Crippen molar-refractivity contribution < 1.29 is 13.2 Å². The van der Waals surface area contributed by atoms with E-state index >= 15 is 0 Å². The minimum absolute atomic E-state index is 0.0506. The second-order valence-electron chi connectivity index (χ2n) is 6.81. The van der Waals surface area contributed by atoms with Gasteiger partial charge in [0, 0.05) is 6.42 Å². The fourth-order valence-electron chi connectivity index (χ4n) is 3.82. The molecule has 23 heavy (non-hydrogen) atoms. The van der Waals surface area contributed by atoms with Gasteiger partial charge >= 0.3 is 0 Å². The summed E-state index contributed by atoms with van der Waals surface area (Å²) in [5.74, 6) is 0.848. The van der Waals surface area contributed by atoms with E-state index in [1.807, 2.05) is 12.1 Å². The van der Waals surface area contributed by atoms with Crippen LogP contribution >= 0.6 is 0 Å². The van der Waals surface area contributed by atoms with Crippen molar-refractivity contribution in [2.45, 2.75) is 62.3 Å². The number of sulfone groups is 1. The van der Waals surface area contributed by atoms with Crippen LogP contribution in [-0.4, -0.2) is 20.1 Å². The van der Waals surface area contributed by atoms with Gasteiger partial charge in [0.2, 0.25) is 5.91 Å². The Bertz CT molecular complexity index is 663. The predicted octanol–water partition coefficient (Wildman–Crippen LogP) is 3.38. The fourth-order valence-corrected chi connectivity index (χ4v) is 5.44. The zero-order valence-corrected chi connectivity index (χ0v) is 14.3. The average molecular weight is 335 g/mol. The molecular weight excluding hydrogens is 310 g/mol. The van der Waals surface area contributed by atoms with E-state index in [1.54, 1.807) is 12.1 Å². The average Bonchev–Trinajstić information content (AvgIpc) is 2.57. The molecular formula is C18H25NO3S. The van der Waals surface area contributed by atoms with Gasteiger partial charge in [-0.2, -0.15) is 0 Å². The number of nitrogens with one attached hydrogen (secondary N) is 1. The van der Waals surface area contributed by atoms with Crippen molar-refractivity contribution in [2.75, 3.05) is 5.75 Å². The molecule has 1 N–H and O–H groups in total. The lowest BCUT2D eigenvalue weighted by molar-refractivity contribution is -0.122. The first-order chi connectivity index (χ1) is 11.1. The van der Waals surface area contributed by atoms with Crippen LogP contribution in [-0.2, 0) is 14.6 Å². The molecule has 4 nitrogen and oxygen atoms in total. The van der Waals surface area contributed by atoms with Crippen LogP contribution in [0.3, 0.4) is 0 Å². The highest BCUT2D eigenvalue weighted by molar-refractivity contribution is 7.91. The summed E-state index contributed by atoms with van der Waals surface area (Å²) in [6.45, 7) is 0. The third-order valence-corrected chi connectivity index (χ3v) is 6.96. The number of hydrogen-bond donors (Lipinski definition) is 1. The lowest BCUT2D eigenvalue weighted by atomic mass is 9.86. The maximum absolute atomic E-state index is 12.3. The van der Waals surface area contributed by atoms with Gasteiger partial charge in [-0.25, -0.2) is 8.42 Å². The minimum atomic E-state index is -3.19. The number of carbonyl (C=O) groups excluding carboxylic acids is 1. The van der Waals surface area contributed by atoms with Gasteiger partial charge in [-0.3, -0.25) is 4.79 Å². The molecule has 1 aliphatic carbocycles.